The number of rotatable bonds is 6. The molecule has 0 amide bonds. The minimum absolute atomic E-state index is 0.330. The number of nitrogens with zero attached hydrogens (tertiary/aromatic N) is 1. The molecule has 4 atom stereocenters. The Balaban J connectivity index is 1.45. The number of aliphatic carboxylic acids is 1. The molecule has 0 aliphatic carbocycles. The van der Waals surface area contributed by atoms with Gasteiger partial charge in [-0.2, -0.15) is 0 Å². The van der Waals surface area contributed by atoms with Crippen LogP contribution >= 0.6 is 0 Å². The van der Waals surface area contributed by atoms with E-state index < -0.39 is 5.97 Å². The van der Waals surface area contributed by atoms with Crippen LogP contribution in [-0.2, 0) is 11.2 Å². The van der Waals surface area contributed by atoms with E-state index in [-0.39, 0.29) is 5.92 Å². The summed E-state index contributed by atoms with van der Waals surface area (Å²) in [6.45, 7) is 0.631. The van der Waals surface area contributed by atoms with Crippen molar-refractivity contribution in [2.24, 2.45) is 5.92 Å². The van der Waals surface area contributed by atoms with Crippen LogP contribution in [0.15, 0.2) is 54.6 Å². The normalized spacial score (nSPS) is 26.0. The van der Waals surface area contributed by atoms with Gasteiger partial charge in [-0.3, -0.25) is 9.69 Å². The molecule has 2 saturated heterocycles. The molecule has 0 spiro atoms. The van der Waals surface area contributed by atoms with Crippen molar-refractivity contribution in [3.63, 3.8) is 0 Å². The maximum absolute atomic E-state index is 11.9. The smallest absolute Gasteiger partial charge is 0.308 e. The number of aromatic hydroxyl groups is 1. The Hall–Kier alpha value is -2.33. The highest BCUT2D eigenvalue weighted by molar-refractivity contribution is 5.70. The second-order valence-electron chi connectivity index (χ2n) is 8.07. The van der Waals surface area contributed by atoms with Crippen LogP contribution in [0, 0.1) is 5.92 Å². The number of piperidine rings is 1. The topological polar surface area (TPSA) is 60.8 Å². The fourth-order valence-electron chi connectivity index (χ4n) is 5.01. The van der Waals surface area contributed by atoms with E-state index in [4.69, 9.17) is 0 Å². The van der Waals surface area contributed by atoms with Crippen LogP contribution < -0.4 is 0 Å². The molecule has 0 aromatic heterocycles. The number of hydrogen-bond acceptors (Lipinski definition) is 3. The van der Waals surface area contributed by atoms with Gasteiger partial charge in [0.15, 0.2) is 0 Å². The lowest BCUT2D eigenvalue weighted by Gasteiger charge is -2.40. The van der Waals surface area contributed by atoms with Crippen molar-refractivity contribution in [3.05, 3.63) is 65.7 Å². The maximum atomic E-state index is 11.9. The first-order chi connectivity index (χ1) is 13.1. The molecule has 142 valence electrons. The van der Waals surface area contributed by atoms with E-state index in [0.29, 0.717) is 36.7 Å². The predicted molar refractivity (Wildman–Crippen MR) is 105 cm³/mol. The lowest BCUT2D eigenvalue weighted by Crippen LogP contribution is -2.46. The van der Waals surface area contributed by atoms with Crippen LogP contribution in [0.4, 0.5) is 0 Å². The van der Waals surface area contributed by atoms with Crippen LogP contribution in [-0.4, -0.2) is 39.7 Å². The second kappa shape index (κ2) is 7.73. The Bertz CT molecular complexity index is 777. The summed E-state index contributed by atoms with van der Waals surface area (Å²) in [7, 11) is 0. The van der Waals surface area contributed by atoms with Crippen molar-refractivity contribution in [3.8, 4) is 5.75 Å². The molecule has 4 nitrogen and oxygen atoms in total. The fraction of sp³-hybridized carbons (Fsp3) is 0.435. The minimum atomic E-state index is -0.701. The SMILES string of the molecule is O=C(O)C(Cc1ccccc1)CN1[C@@H]2CC[C@H]1C[C@@H](c1cccc(O)c1)C2. The number of carbonyl (C=O) groups is 1. The van der Waals surface area contributed by atoms with Crippen LogP contribution in [0.5, 0.6) is 5.75 Å². The molecular formula is C23H27NO3. The minimum Gasteiger partial charge on any atom is -0.508 e. The van der Waals surface area contributed by atoms with Gasteiger partial charge >= 0.3 is 5.97 Å². The van der Waals surface area contributed by atoms with Crippen LogP contribution in [0.3, 0.4) is 0 Å². The number of carboxylic acid groups (broad SMARTS) is 1. The summed E-state index contributed by atoms with van der Waals surface area (Å²) >= 11 is 0. The number of hydrogen-bond donors (Lipinski definition) is 2. The molecule has 2 aromatic rings. The van der Waals surface area contributed by atoms with Gasteiger partial charge in [0.05, 0.1) is 5.92 Å². The molecule has 4 heteroatoms. The molecule has 2 heterocycles. The summed E-state index contributed by atoms with van der Waals surface area (Å²) in [6, 6.07) is 18.5. The zero-order chi connectivity index (χ0) is 18.8. The zero-order valence-electron chi connectivity index (χ0n) is 15.5. The summed E-state index contributed by atoms with van der Waals surface area (Å²) in [5, 5.41) is 19.6. The Kier molecular flexibility index (Phi) is 5.17. The third-order valence-corrected chi connectivity index (χ3v) is 6.33. The molecule has 2 N–H and O–H groups in total. The third kappa shape index (κ3) is 4.01. The number of carboxylic acids is 1. The van der Waals surface area contributed by atoms with Gasteiger partial charge in [-0.1, -0.05) is 42.5 Å². The average Bonchev–Trinajstić information content (AvgIpc) is 2.89. The summed E-state index contributed by atoms with van der Waals surface area (Å²) in [6.07, 6.45) is 4.99. The van der Waals surface area contributed by atoms with Crippen molar-refractivity contribution in [1.82, 2.24) is 4.90 Å². The Morgan fingerprint density at radius 3 is 2.37 bits per heavy atom. The van der Waals surface area contributed by atoms with E-state index in [1.54, 1.807) is 6.07 Å². The van der Waals surface area contributed by atoms with Crippen LogP contribution in [0.2, 0.25) is 0 Å². The molecule has 2 bridgehead atoms. The first kappa shape index (κ1) is 18.1. The summed E-state index contributed by atoms with van der Waals surface area (Å²) in [5.74, 6) is -0.277. The predicted octanol–water partition coefficient (Wildman–Crippen LogP) is 4.05. The second-order valence-corrected chi connectivity index (χ2v) is 8.07. The highest BCUT2D eigenvalue weighted by atomic mass is 16.4. The summed E-state index contributed by atoms with van der Waals surface area (Å²) in [4.78, 5) is 14.3. The van der Waals surface area contributed by atoms with Crippen LogP contribution in [0.1, 0.15) is 42.7 Å². The highest BCUT2D eigenvalue weighted by Gasteiger charge is 2.42. The number of phenolic OH excluding ortho intramolecular Hbond substituents is 1. The molecule has 27 heavy (non-hydrogen) atoms. The highest BCUT2D eigenvalue weighted by Crippen LogP contribution is 2.43. The zero-order valence-corrected chi connectivity index (χ0v) is 15.5. The Morgan fingerprint density at radius 1 is 1.04 bits per heavy atom. The van der Waals surface area contributed by atoms with E-state index in [0.717, 1.165) is 31.2 Å². The molecule has 2 fully saturated rings. The van der Waals surface area contributed by atoms with Crippen LogP contribution in [0.25, 0.3) is 0 Å². The molecule has 0 radical (unpaired) electrons. The van der Waals surface area contributed by atoms with E-state index >= 15 is 0 Å². The first-order valence-corrected chi connectivity index (χ1v) is 9.91. The lowest BCUT2D eigenvalue weighted by molar-refractivity contribution is -0.142. The van der Waals surface area contributed by atoms with Gasteiger partial charge in [-0.15, -0.1) is 0 Å². The summed E-state index contributed by atoms with van der Waals surface area (Å²) < 4.78 is 0. The van der Waals surface area contributed by atoms with Gasteiger partial charge in [0.2, 0.25) is 0 Å². The molecule has 2 aromatic carbocycles. The molecule has 2 aliphatic heterocycles. The van der Waals surface area contributed by atoms with Crippen molar-refractivity contribution >= 4 is 5.97 Å². The quantitative estimate of drug-likeness (QED) is 0.811. The van der Waals surface area contributed by atoms with Crippen molar-refractivity contribution < 1.29 is 15.0 Å². The Morgan fingerprint density at radius 2 is 1.74 bits per heavy atom. The first-order valence-electron chi connectivity index (χ1n) is 9.91. The van der Waals surface area contributed by atoms with Crippen molar-refractivity contribution in [1.29, 1.82) is 0 Å². The van der Waals surface area contributed by atoms with Gasteiger partial charge in [-0.25, -0.2) is 0 Å². The van der Waals surface area contributed by atoms with Gasteiger partial charge in [0.25, 0.3) is 0 Å². The number of phenols is 1. The number of benzene rings is 2. The van der Waals surface area contributed by atoms with E-state index in [9.17, 15) is 15.0 Å². The molecule has 1 unspecified atom stereocenters. The van der Waals surface area contributed by atoms with E-state index in [2.05, 4.69) is 11.0 Å². The lowest BCUT2D eigenvalue weighted by atomic mass is 9.84. The standard InChI is InChI=1S/C23H27NO3/c25-22-8-4-7-17(14-22)18-12-20-9-10-21(13-18)24(20)15-19(23(26)27)11-16-5-2-1-3-6-16/h1-8,14,18-21,25H,9-13,15H2,(H,26,27)/t18-,19?,20+,21-. The average molecular weight is 365 g/mol. The molecular weight excluding hydrogens is 338 g/mol. The van der Waals surface area contributed by atoms with Gasteiger partial charge in [0, 0.05) is 18.6 Å². The van der Waals surface area contributed by atoms with E-state index in [1.807, 2.05) is 42.5 Å². The maximum Gasteiger partial charge on any atom is 0.308 e. The summed E-state index contributed by atoms with van der Waals surface area (Å²) in [5.41, 5.74) is 2.30. The Labute approximate surface area is 160 Å². The van der Waals surface area contributed by atoms with E-state index in [1.165, 1.54) is 5.56 Å². The molecule has 0 saturated carbocycles. The van der Waals surface area contributed by atoms with Gasteiger partial charge in [-0.05, 0) is 61.3 Å². The largest absolute Gasteiger partial charge is 0.508 e. The fourth-order valence-corrected chi connectivity index (χ4v) is 5.01. The molecule has 2 aliphatic rings. The van der Waals surface area contributed by atoms with Crippen molar-refractivity contribution in [2.75, 3.05) is 6.54 Å². The monoisotopic (exact) mass is 365 g/mol. The third-order valence-electron chi connectivity index (χ3n) is 6.33. The number of fused-ring (bicyclic) bond motifs is 2. The van der Waals surface area contributed by atoms with Gasteiger partial charge < -0.3 is 10.2 Å². The van der Waals surface area contributed by atoms with Crippen molar-refractivity contribution in [2.45, 2.75) is 50.1 Å². The van der Waals surface area contributed by atoms with Gasteiger partial charge in [0.1, 0.15) is 5.75 Å². The molecule has 4 rings (SSSR count).